The zero-order valence-electron chi connectivity index (χ0n) is 16.2. The van der Waals surface area contributed by atoms with E-state index in [1.54, 1.807) is 4.68 Å². The molecular formula is C22H21N7. The monoisotopic (exact) mass is 383 g/mol. The smallest absolute Gasteiger partial charge is 0.161 e. The molecule has 2 aliphatic rings. The van der Waals surface area contributed by atoms with Crippen LogP contribution in [0, 0.1) is 5.41 Å². The molecule has 1 N–H and O–H groups in total. The quantitative estimate of drug-likeness (QED) is 0.586. The molecule has 7 heteroatoms. The second kappa shape index (κ2) is 6.09. The molecule has 0 atom stereocenters. The highest BCUT2D eigenvalue weighted by atomic mass is 15.3. The molecule has 3 aromatic heterocycles. The number of nitrogens with zero attached hydrogens (tertiary/aromatic N) is 6. The van der Waals surface area contributed by atoms with Crippen LogP contribution in [0.1, 0.15) is 0 Å². The van der Waals surface area contributed by atoms with Gasteiger partial charge in [-0.3, -0.25) is 4.68 Å². The summed E-state index contributed by atoms with van der Waals surface area (Å²) in [5.41, 5.74) is 4.52. The molecule has 0 amide bonds. The van der Waals surface area contributed by atoms with Crippen molar-refractivity contribution in [3.05, 3.63) is 55.1 Å². The van der Waals surface area contributed by atoms with Gasteiger partial charge in [0.25, 0.3) is 0 Å². The van der Waals surface area contributed by atoms with Crippen LogP contribution in [-0.2, 0) is 7.05 Å². The Balaban J connectivity index is 1.28. The summed E-state index contributed by atoms with van der Waals surface area (Å²) in [6.07, 6.45) is 7.63. The summed E-state index contributed by atoms with van der Waals surface area (Å²) in [4.78, 5) is 16.3. The van der Waals surface area contributed by atoms with E-state index in [1.165, 1.54) is 0 Å². The first-order valence-electron chi connectivity index (χ1n) is 9.86. The highest BCUT2D eigenvalue weighted by Gasteiger charge is 2.47. The third kappa shape index (κ3) is 2.77. The molecule has 1 aromatic carbocycles. The molecule has 2 aliphatic heterocycles. The Morgan fingerprint density at radius 2 is 1.79 bits per heavy atom. The van der Waals surface area contributed by atoms with Crippen molar-refractivity contribution in [2.75, 3.05) is 31.1 Å². The van der Waals surface area contributed by atoms with Crippen molar-refractivity contribution in [1.29, 1.82) is 0 Å². The zero-order chi connectivity index (χ0) is 19.4. The van der Waals surface area contributed by atoms with Gasteiger partial charge in [0.15, 0.2) is 5.82 Å². The fraction of sp³-hybridized carbons (Fsp3) is 0.273. The Morgan fingerprint density at radius 3 is 2.48 bits per heavy atom. The van der Waals surface area contributed by atoms with Crippen LogP contribution in [-0.4, -0.2) is 50.9 Å². The number of hydrogen-bond donors (Lipinski definition) is 1. The normalized spacial score (nSPS) is 17.3. The van der Waals surface area contributed by atoms with Gasteiger partial charge in [-0.1, -0.05) is 12.1 Å². The fourth-order valence-electron chi connectivity index (χ4n) is 4.25. The number of hydrogen-bond acceptors (Lipinski definition) is 6. The summed E-state index contributed by atoms with van der Waals surface area (Å²) in [7, 11) is 1.92. The molecule has 29 heavy (non-hydrogen) atoms. The number of rotatable bonds is 3. The van der Waals surface area contributed by atoms with E-state index in [0.29, 0.717) is 11.2 Å². The number of benzene rings is 1. The molecule has 7 nitrogen and oxygen atoms in total. The summed E-state index contributed by atoms with van der Waals surface area (Å²) in [5, 5.41) is 8.65. The predicted octanol–water partition coefficient (Wildman–Crippen LogP) is 2.50. The maximum Gasteiger partial charge on any atom is 0.161 e. The first-order valence-corrected chi connectivity index (χ1v) is 9.86. The number of nitrogens with one attached hydrogen (secondary N) is 1. The highest BCUT2D eigenvalue weighted by molar-refractivity contribution is 5.84. The minimum atomic E-state index is 0.494. The van der Waals surface area contributed by atoms with E-state index in [-0.39, 0.29) is 0 Å². The van der Waals surface area contributed by atoms with Gasteiger partial charge in [0, 0.05) is 73.7 Å². The van der Waals surface area contributed by atoms with E-state index in [2.05, 4.69) is 55.6 Å². The standard InChI is InChI=1S/C22H21N7/c1-28-10-18(9-26-28)15-2-3-16-7-25-21(27-19(16)6-15)17-4-5-20(24-8-17)29-13-22(14-29)11-23-12-22/h2-10,23H,11-14H2,1H3. The molecule has 2 fully saturated rings. The Labute approximate surface area is 168 Å². The van der Waals surface area contributed by atoms with Gasteiger partial charge in [0.2, 0.25) is 0 Å². The van der Waals surface area contributed by atoms with Gasteiger partial charge < -0.3 is 10.2 Å². The second-order valence-electron chi connectivity index (χ2n) is 8.23. The molecule has 0 aliphatic carbocycles. The lowest BCUT2D eigenvalue weighted by atomic mass is 9.74. The molecule has 1 spiro atoms. The van der Waals surface area contributed by atoms with Gasteiger partial charge in [0.1, 0.15) is 5.82 Å². The first-order chi connectivity index (χ1) is 14.2. The third-order valence-corrected chi connectivity index (χ3v) is 6.00. The van der Waals surface area contributed by atoms with Crippen molar-refractivity contribution in [2.45, 2.75) is 0 Å². The van der Waals surface area contributed by atoms with Crippen molar-refractivity contribution in [3.8, 4) is 22.5 Å². The minimum absolute atomic E-state index is 0.494. The van der Waals surface area contributed by atoms with Crippen LogP contribution in [0.2, 0.25) is 0 Å². The van der Waals surface area contributed by atoms with Crippen LogP contribution in [0.15, 0.2) is 55.1 Å². The summed E-state index contributed by atoms with van der Waals surface area (Å²) in [6.45, 7) is 4.45. The van der Waals surface area contributed by atoms with Crippen LogP contribution >= 0.6 is 0 Å². The van der Waals surface area contributed by atoms with Gasteiger partial charge in [0.05, 0.1) is 11.7 Å². The molecule has 0 bridgehead atoms. The van der Waals surface area contributed by atoms with Crippen molar-refractivity contribution < 1.29 is 0 Å². The molecule has 0 radical (unpaired) electrons. The molecule has 4 aromatic rings. The molecule has 0 unspecified atom stereocenters. The van der Waals surface area contributed by atoms with Gasteiger partial charge in [-0.15, -0.1) is 0 Å². The third-order valence-electron chi connectivity index (χ3n) is 6.00. The van der Waals surface area contributed by atoms with Crippen LogP contribution in [0.4, 0.5) is 5.82 Å². The van der Waals surface area contributed by atoms with E-state index in [4.69, 9.17) is 4.98 Å². The number of anilines is 1. The van der Waals surface area contributed by atoms with Crippen LogP contribution in [0.3, 0.4) is 0 Å². The van der Waals surface area contributed by atoms with E-state index >= 15 is 0 Å². The Kier molecular flexibility index (Phi) is 3.49. The van der Waals surface area contributed by atoms with E-state index in [0.717, 1.165) is 59.6 Å². The Bertz CT molecular complexity index is 1200. The Morgan fingerprint density at radius 1 is 0.931 bits per heavy atom. The molecule has 0 saturated carbocycles. The molecule has 5 heterocycles. The van der Waals surface area contributed by atoms with Crippen molar-refractivity contribution in [2.24, 2.45) is 12.5 Å². The van der Waals surface area contributed by atoms with Crippen molar-refractivity contribution >= 4 is 16.7 Å². The summed E-state index contributed by atoms with van der Waals surface area (Å²) in [5.74, 6) is 1.73. The van der Waals surface area contributed by atoms with E-state index in [9.17, 15) is 0 Å². The van der Waals surface area contributed by atoms with Crippen molar-refractivity contribution in [1.82, 2.24) is 30.0 Å². The highest BCUT2D eigenvalue weighted by Crippen LogP contribution is 2.36. The van der Waals surface area contributed by atoms with Crippen LogP contribution in [0.25, 0.3) is 33.4 Å². The van der Waals surface area contributed by atoms with Gasteiger partial charge in [-0.25, -0.2) is 15.0 Å². The lowest BCUT2D eigenvalue weighted by Gasteiger charge is -2.56. The predicted molar refractivity (Wildman–Crippen MR) is 112 cm³/mol. The lowest BCUT2D eigenvalue weighted by Crippen LogP contribution is -2.71. The summed E-state index contributed by atoms with van der Waals surface area (Å²) in [6, 6.07) is 10.4. The number of aryl methyl sites for hydroxylation is 1. The fourth-order valence-corrected chi connectivity index (χ4v) is 4.25. The SMILES string of the molecule is Cn1cc(-c2ccc3cnc(-c4ccc(N5CC6(CNC6)C5)nc4)nc3c2)cn1. The first kappa shape index (κ1) is 16.6. The molecule has 2 saturated heterocycles. The molecular weight excluding hydrogens is 362 g/mol. The second-order valence-corrected chi connectivity index (χ2v) is 8.23. The lowest BCUT2D eigenvalue weighted by molar-refractivity contribution is 0.120. The minimum Gasteiger partial charge on any atom is -0.355 e. The number of aromatic nitrogens is 5. The van der Waals surface area contributed by atoms with Gasteiger partial charge >= 0.3 is 0 Å². The number of pyridine rings is 1. The largest absolute Gasteiger partial charge is 0.355 e. The average Bonchev–Trinajstić information content (AvgIpc) is 3.12. The van der Waals surface area contributed by atoms with E-state index in [1.807, 2.05) is 31.8 Å². The summed E-state index contributed by atoms with van der Waals surface area (Å²) >= 11 is 0. The Hall–Kier alpha value is -3.32. The van der Waals surface area contributed by atoms with Gasteiger partial charge in [-0.2, -0.15) is 5.10 Å². The van der Waals surface area contributed by atoms with Crippen LogP contribution in [0.5, 0.6) is 0 Å². The van der Waals surface area contributed by atoms with Crippen molar-refractivity contribution in [3.63, 3.8) is 0 Å². The molecule has 6 rings (SSSR count). The summed E-state index contributed by atoms with van der Waals surface area (Å²) < 4.78 is 1.81. The van der Waals surface area contributed by atoms with Gasteiger partial charge in [-0.05, 0) is 23.8 Å². The topological polar surface area (TPSA) is 71.8 Å². The van der Waals surface area contributed by atoms with E-state index < -0.39 is 0 Å². The number of fused-ring (bicyclic) bond motifs is 1. The average molecular weight is 383 g/mol. The maximum atomic E-state index is 4.79. The zero-order valence-corrected chi connectivity index (χ0v) is 16.2. The molecule has 144 valence electrons. The van der Waals surface area contributed by atoms with Crippen LogP contribution < -0.4 is 10.2 Å². The maximum absolute atomic E-state index is 4.79.